The number of nitrogens with two attached hydrogens (primary N) is 1. The number of nitrogens with zero attached hydrogens (tertiary/aromatic N) is 2. The normalized spacial score (nSPS) is 27.5. The molecule has 0 amide bonds. The molecule has 1 aromatic carbocycles. The van der Waals surface area contributed by atoms with Gasteiger partial charge in [-0.3, -0.25) is 14.7 Å². The number of carbonyl (C=O) groups is 1. The van der Waals surface area contributed by atoms with Crippen LogP contribution in [0, 0.1) is 11.8 Å². The van der Waals surface area contributed by atoms with Gasteiger partial charge in [-0.2, -0.15) is 0 Å². The third-order valence-electron chi connectivity index (χ3n) is 6.40. The number of hydrogen-bond donors (Lipinski definition) is 1. The molecule has 28 heavy (non-hydrogen) atoms. The van der Waals surface area contributed by atoms with E-state index in [1.165, 1.54) is 13.3 Å². The molecule has 6 heteroatoms. The Kier molecular flexibility index (Phi) is 5.51. The zero-order valence-electron chi connectivity index (χ0n) is 16.6. The van der Waals surface area contributed by atoms with Gasteiger partial charge >= 0.3 is 5.97 Å². The number of rotatable bonds is 6. The SMILES string of the molecule is COc1ccc2nccc([C@@H](OC(C)=O)C3CC4CCN3CC4CCN)c2c1. The van der Waals surface area contributed by atoms with Gasteiger partial charge in [0.05, 0.1) is 18.7 Å². The number of hydrogen-bond acceptors (Lipinski definition) is 6. The van der Waals surface area contributed by atoms with Crippen molar-refractivity contribution >= 4 is 16.9 Å². The van der Waals surface area contributed by atoms with E-state index in [-0.39, 0.29) is 18.1 Å². The fourth-order valence-corrected chi connectivity index (χ4v) is 5.09. The first-order valence-corrected chi connectivity index (χ1v) is 10.1. The molecule has 6 nitrogen and oxygen atoms in total. The van der Waals surface area contributed by atoms with Gasteiger partial charge in [0.2, 0.25) is 0 Å². The quantitative estimate of drug-likeness (QED) is 0.773. The molecule has 1 aromatic heterocycles. The summed E-state index contributed by atoms with van der Waals surface area (Å²) in [7, 11) is 1.66. The van der Waals surface area contributed by atoms with Crippen LogP contribution >= 0.6 is 0 Å². The van der Waals surface area contributed by atoms with Crippen molar-refractivity contribution in [1.82, 2.24) is 9.88 Å². The molecule has 2 N–H and O–H groups in total. The van der Waals surface area contributed by atoms with Gasteiger partial charge in [0, 0.05) is 30.6 Å². The lowest BCUT2D eigenvalue weighted by atomic mass is 9.72. The number of benzene rings is 1. The zero-order valence-corrected chi connectivity index (χ0v) is 16.6. The lowest BCUT2D eigenvalue weighted by Gasteiger charge is -2.51. The first-order chi connectivity index (χ1) is 13.6. The van der Waals surface area contributed by atoms with E-state index >= 15 is 0 Å². The molecule has 5 rings (SSSR count). The number of pyridine rings is 1. The molecule has 0 spiro atoms. The Labute approximate surface area is 166 Å². The van der Waals surface area contributed by atoms with Gasteiger partial charge in [0.15, 0.2) is 0 Å². The third-order valence-corrected chi connectivity index (χ3v) is 6.40. The van der Waals surface area contributed by atoms with E-state index in [9.17, 15) is 4.79 Å². The Bertz CT molecular complexity index is 856. The smallest absolute Gasteiger partial charge is 0.303 e. The second-order valence-corrected chi connectivity index (χ2v) is 8.00. The minimum absolute atomic E-state index is 0.188. The van der Waals surface area contributed by atoms with Crippen molar-refractivity contribution < 1.29 is 14.3 Å². The maximum atomic E-state index is 12.0. The summed E-state index contributed by atoms with van der Waals surface area (Å²) in [6, 6.07) is 8.02. The van der Waals surface area contributed by atoms with Crippen LogP contribution in [-0.2, 0) is 9.53 Å². The van der Waals surface area contributed by atoms with E-state index in [0.29, 0.717) is 11.8 Å². The van der Waals surface area contributed by atoms with E-state index in [2.05, 4.69) is 9.88 Å². The molecule has 3 saturated heterocycles. The topological polar surface area (TPSA) is 77.7 Å². The molecule has 2 bridgehead atoms. The maximum Gasteiger partial charge on any atom is 0.303 e. The summed E-state index contributed by atoms with van der Waals surface area (Å²) < 4.78 is 11.3. The number of methoxy groups -OCH3 is 1. The van der Waals surface area contributed by atoms with Gasteiger partial charge in [0.25, 0.3) is 0 Å². The molecular weight excluding hydrogens is 354 g/mol. The number of esters is 1. The lowest BCUT2D eigenvalue weighted by molar-refractivity contribution is -0.155. The number of ether oxygens (including phenoxy) is 2. The third kappa shape index (κ3) is 3.59. The summed E-state index contributed by atoms with van der Waals surface area (Å²) in [4.78, 5) is 19.0. The summed E-state index contributed by atoms with van der Waals surface area (Å²) >= 11 is 0. The van der Waals surface area contributed by atoms with Gasteiger partial charge in [-0.1, -0.05) is 0 Å². The van der Waals surface area contributed by atoms with Crippen LogP contribution in [0.1, 0.15) is 37.9 Å². The van der Waals surface area contributed by atoms with Crippen molar-refractivity contribution in [1.29, 1.82) is 0 Å². The largest absolute Gasteiger partial charge is 0.497 e. The average molecular weight is 383 g/mol. The van der Waals surface area contributed by atoms with Crippen molar-refractivity contribution in [2.45, 2.75) is 38.3 Å². The van der Waals surface area contributed by atoms with Crippen LogP contribution < -0.4 is 10.5 Å². The Morgan fingerprint density at radius 2 is 2.25 bits per heavy atom. The summed E-state index contributed by atoms with van der Waals surface area (Å²) in [5.74, 6) is 1.83. The fraction of sp³-hybridized carbons (Fsp3) is 0.545. The van der Waals surface area contributed by atoms with Crippen molar-refractivity contribution in [3.8, 4) is 5.75 Å². The molecule has 0 aliphatic carbocycles. The number of piperidine rings is 3. The van der Waals surface area contributed by atoms with Crippen LogP contribution in [-0.4, -0.2) is 48.6 Å². The van der Waals surface area contributed by atoms with Crippen LogP contribution in [0.5, 0.6) is 5.75 Å². The van der Waals surface area contributed by atoms with E-state index in [0.717, 1.165) is 54.7 Å². The molecule has 5 atom stereocenters. The van der Waals surface area contributed by atoms with Crippen LogP contribution in [0.4, 0.5) is 0 Å². The minimum Gasteiger partial charge on any atom is -0.497 e. The summed E-state index contributed by atoms with van der Waals surface area (Å²) in [5.41, 5.74) is 7.71. The predicted molar refractivity (Wildman–Crippen MR) is 108 cm³/mol. The van der Waals surface area contributed by atoms with E-state index in [1.807, 2.05) is 24.3 Å². The molecule has 4 heterocycles. The van der Waals surface area contributed by atoms with Crippen LogP contribution in [0.3, 0.4) is 0 Å². The first kappa shape index (κ1) is 19.2. The van der Waals surface area contributed by atoms with Crippen LogP contribution in [0.2, 0.25) is 0 Å². The highest BCUT2D eigenvalue weighted by atomic mass is 16.5. The zero-order chi connectivity index (χ0) is 19.7. The van der Waals surface area contributed by atoms with Gasteiger partial charge in [-0.05, 0) is 68.5 Å². The van der Waals surface area contributed by atoms with Crippen molar-refractivity contribution in [2.75, 3.05) is 26.7 Å². The minimum atomic E-state index is -0.309. The van der Waals surface area contributed by atoms with E-state index < -0.39 is 0 Å². The van der Waals surface area contributed by atoms with Crippen LogP contribution in [0.25, 0.3) is 10.9 Å². The first-order valence-electron chi connectivity index (χ1n) is 10.1. The Morgan fingerprint density at radius 1 is 1.39 bits per heavy atom. The second-order valence-electron chi connectivity index (χ2n) is 8.00. The molecule has 3 aliphatic rings. The van der Waals surface area contributed by atoms with Gasteiger partial charge < -0.3 is 15.2 Å². The van der Waals surface area contributed by atoms with Crippen molar-refractivity contribution in [3.05, 3.63) is 36.0 Å². The Balaban J connectivity index is 1.72. The molecule has 3 aliphatic heterocycles. The van der Waals surface area contributed by atoms with Gasteiger partial charge in [-0.15, -0.1) is 0 Å². The number of fused-ring (bicyclic) bond motifs is 4. The van der Waals surface area contributed by atoms with Crippen molar-refractivity contribution in [3.63, 3.8) is 0 Å². The molecule has 0 saturated carbocycles. The van der Waals surface area contributed by atoms with E-state index in [4.69, 9.17) is 15.2 Å². The van der Waals surface area contributed by atoms with E-state index in [1.54, 1.807) is 13.3 Å². The molecule has 2 aromatic rings. The number of carbonyl (C=O) groups excluding carboxylic acids is 1. The standard InChI is InChI=1S/C22H29N3O3/c1-14(26)28-22(21-11-15-7-10-25(21)13-16(15)5-8-23)18-6-9-24-20-4-3-17(27-2)12-19(18)20/h3-4,6,9,12,15-16,21-22H,5,7-8,10-11,13,23H2,1-2H3/t15?,16?,21?,22-/m1/s1. The highest BCUT2D eigenvalue weighted by Gasteiger charge is 2.44. The highest BCUT2D eigenvalue weighted by molar-refractivity contribution is 5.84. The molecular formula is C22H29N3O3. The van der Waals surface area contributed by atoms with Gasteiger partial charge in [-0.25, -0.2) is 0 Å². The Hall–Kier alpha value is -2.18. The Morgan fingerprint density at radius 3 is 2.93 bits per heavy atom. The highest BCUT2D eigenvalue weighted by Crippen LogP contribution is 2.44. The number of aromatic nitrogens is 1. The summed E-state index contributed by atoms with van der Waals surface area (Å²) in [6.45, 7) is 4.32. The molecule has 0 radical (unpaired) electrons. The summed E-state index contributed by atoms with van der Waals surface area (Å²) in [6.07, 6.45) is 4.81. The maximum absolute atomic E-state index is 12.0. The second kappa shape index (κ2) is 8.05. The summed E-state index contributed by atoms with van der Waals surface area (Å²) in [5, 5.41) is 0.981. The van der Waals surface area contributed by atoms with Gasteiger partial charge in [0.1, 0.15) is 11.9 Å². The van der Waals surface area contributed by atoms with Crippen molar-refractivity contribution in [2.24, 2.45) is 17.6 Å². The lowest BCUT2D eigenvalue weighted by Crippen LogP contribution is -2.56. The molecule has 4 unspecified atom stereocenters. The monoisotopic (exact) mass is 383 g/mol. The predicted octanol–water partition coefficient (Wildman–Crippen LogP) is 2.91. The molecule has 3 fully saturated rings. The average Bonchev–Trinajstić information content (AvgIpc) is 2.72. The molecule has 150 valence electrons. The van der Waals surface area contributed by atoms with Crippen LogP contribution in [0.15, 0.2) is 30.5 Å². The fourth-order valence-electron chi connectivity index (χ4n) is 5.09.